The Morgan fingerprint density at radius 3 is 1.45 bits per heavy atom. The molecule has 2 nitrogen and oxygen atoms in total. The molecular formula is C26H19BrN2. The number of rotatable bonds is 4. The zero-order valence-electron chi connectivity index (χ0n) is 15.7. The van der Waals surface area contributed by atoms with E-state index in [-0.39, 0.29) is 0 Å². The Kier molecular flexibility index (Phi) is 4.53. The molecule has 29 heavy (non-hydrogen) atoms. The first-order chi connectivity index (χ1) is 14.3. The maximum atomic E-state index is 4.84. The average Bonchev–Trinajstić information content (AvgIpc) is 3.13. The van der Waals surface area contributed by atoms with Gasteiger partial charge in [0, 0.05) is 0 Å². The summed E-state index contributed by atoms with van der Waals surface area (Å²) in [7, 11) is 0. The summed E-state index contributed by atoms with van der Waals surface area (Å²) in [5, 5.41) is 0. The van der Waals surface area contributed by atoms with Crippen molar-refractivity contribution in [3.8, 4) is 0 Å². The Bertz CT molecular complexity index is 1150. The number of para-hydroxylation sites is 2. The van der Waals surface area contributed by atoms with E-state index in [9.17, 15) is 0 Å². The lowest BCUT2D eigenvalue weighted by atomic mass is 9.76. The molecule has 0 N–H and O–H groups in total. The molecule has 0 saturated carbocycles. The summed E-state index contributed by atoms with van der Waals surface area (Å²) in [4.78, 5) is 4.84. The molecule has 5 rings (SSSR count). The van der Waals surface area contributed by atoms with E-state index in [1.807, 2.05) is 6.07 Å². The van der Waals surface area contributed by atoms with E-state index >= 15 is 0 Å². The zero-order chi connectivity index (χ0) is 19.7. The van der Waals surface area contributed by atoms with Crippen LogP contribution >= 0.6 is 15.9 Å². The first-order valence-corrected chi connectivity index (χ1v) is 10.4. The molecular weight excluding hydrogens is 420 g/mol. The van der Waals surface area contributed by atoms with Gasteiger partial charge in [0.25, 0.3) is 0 Å². The standard InChI is InChI=1S/C26H19BrN2/c27-25-28-23-18-10-11-19-24(23)29(25)26(20-12-4-1-5-13-20,21-14-6-2-7-15-21)22-16-8-3-9-17-22/h1-19H. The van der Waals surface area contributed by atoms with Gasteiger partial charge >= 0.3 is 0 Å². The van der Waals surface area contributed by atoms with Crippen molar-refractivity contribution in [1.82, 2.24) is 9.55 Å². The molecule has 0 saturated heterocycles. The van der Waals surface area contributed by atoms with Crippen LogP contribution in [-0.4, -0.2) is 9.55 Å². The van der Waals surface area contributed by atoms with Crippen LogP contribution in [-0.2, 0) is 5.54 Å². The van der Waals surface area contributed by atoms with Gasteiger partial charge in [0.05, 0.1) is 11.0 Å². The Hall–Kier alpha value is -3.17. The van der Waals surface area contributed by atoms with Crippen molar-refractivity contribution in [2.75, 3.05) is 0 Å². The number of aromatic nitrogens is 2. The Balaban J connectivity index is 2.00. The molecule has 4 aromatic carbocycles. The monoisotopic (exact) mass is 438 g/mol. The van der Waals surface area contributed by atoms with Crippen molar-refractivity contribution < 1.29 is 0 Å². The summed E-state index contributed by atoms with van der Waals surface area (Å²) in [6.07, 6.45) is 0. The van der Waals surface area contributed by atoms with Gasteiger partial charge in [-0.15, -0.1) is 0 Å². The molecule has 5 aromatic rings. The Morgan fingerprint density at radius 2 is 0.966 bits per heavy atom. The Morgan fingerprint density at radius 1 is 0.552 bits per heavy atom. The number of nitrogens with zero attached hydrogens (tertiary/aromatic N) is 2. The molecule has 0 aliphatic rings. The largest absolute Gasteiger partial charge is 0.300 e. The maximum Gasteiger partial charge on any atom is 0.179 e. The fourth-order valence-corrected chi connectivity index (χ4v) is 4.89. The third-order valence-corrected chi connectivity index (χ3v) is 5.96. The van der Waals surface area contributed by atoms with Crippen LogP contribution in [0, 0.1) is 0 Å². The van der Waals surface area contributed by atoms with E-state index in [1.54, 1.807) is 0 Å². The quantitative estimate of drug-likeness (QED) is 0.287. The van der Waals surface area contributed by atoms with Gasteiger partial charge in [-0.1, -0.05) is 103 Å². The Labute approximate surface area is 178 Å². The zero-order valence-corrected chi connectivity index (χ0v) is 17.3. The second-order valence-electron chi connectivity index (χ2n) is 7.01. The average molecular weight is 439 g/mol. The van der Waals surface area contributed by atoms with E-state index in [1.165, 1.54) is 16.7 Å². The van der Waals surface area contributed by atoms with Gasteiger partial charge in [-0.05, 0) is 44.8 Å². The fourth-order valence-electron chi connectivity index (χ4n) is 4.24. The molecule has 0 aliphatic carbocycles. The summed E-state index contributed by atoms with van der Waals surface area (Å²) < 4.78 is 3.11. The van der Waals surface area contributed by atoms with Crippen molar-refractivity contribution in [2.45, 2.75) is 5.54 Å². The topological polar surface area (TPSA) is 17.8 Å². The predicted molar refractivity (Wildman–Crippen MR) is 122 cm³/mol. The van der Waals surface area contributed by atoms with Crippen molar-refractivity contribution in [2.24, 2.45) is 0 Å². The molecule has 1 heterocycles. The van der Waals surface area contributed by atoms with Crippen molar-refractivity contribution >= 4 is 27.0 Å². The first kappa shape index (κ1) is 17.9. The minimum absolute atomic E-state index is 0.571. The second kappa shape index (κ2) is 7.34. The van der Waals surface area contributed by atoms with Crippen LogP contribution in [0.15, 0.2) is 120 Å². The van der Waals surface area contributed by atoms with E-state index < -0.39 is 5.54 Å². The van der Waals surface area contributed by atoms with Gasteiger partial charge in [-0.3, -0.25) is 4.57 Å². The number of hydrogen-bond donors (Lipinski definition) is 0. The van der Waals surface area contributed by atoms with Gasteiger partial charge in [0.15, 0.2) is 4.73 Å². The number of imidazole rings is 1. The van der Waals surface area contributed by atoms with Crippen LogP contribution in [0.25, 0.3) is 11.0 Å². The molecule has 0 atom stereocenters. The fraction of sp³-hybridized carbons (Fsp3) is 0.0385. The molecule has 0 spiro atoms. The summed E-state index contributed by atoms with van der Waals surface area (Å²) in [5.74, 6) is 0. The SMILES string of the molecule is Brc1nc2ccccc2n1C(c1ccccc1)(c1ccccc1)c1ccccc1. The summed E-state index contributed by atoms with van der Waals surface area (Å²) in [6.45, 7) is 0. The van der Waals surface area contributed by atoms with Gasteiger partial charge < -0.3 is 0 Å². The molecule has 0 unspecified atom stereocenters. The third kappa shape index (κ3) is 2.81. The van der Waals surface area contributed by atoms with Gasteiger partial charge in [0.2, 0.25) is 0 Å². The molecule has 0 radical (unpaired) electrons. The van der Waals surface area contributed by atoms with Crippen LogP contribution in [0.5, 0.6) is 0 Å². The van der Waals surface area contributed by atoms with Crippen LogP contribution in [0.1, 0.15) is 16.7 Å². The lowest BCUT2D eigenvalue weighted by molar-refractivity contribution is 0.519. The lowest BCUT2D eigenvalue weighted by Gasteiger charge is -2.38. The number of benzene rings is 4. The van der Waals surface area contributed by atoms with Gasteiger partial charge in [-0.2, -0.15) is 0 Å². The van der Waals surface area contributed by atoms with Gasteiger partial charge in [0.1, 0.15) is 5.54 Å². The molecule has 0 amide bonds. The number of hydrogen-bond acceptors (Lipinski definition) is 1. The van der Waals surface area contributed by atoms with Crippen LogP contribution in [0.4, 0.5) is 0 Å². The minimum Gasteiger partial charge on any atom is -0.300 e. The molecule has 0 aliphatic heterocycles. The third-order valence-electron chi connectivity index (χ3n) is 5.43. The maximum absolute atomic E-state index is 4.84. The van der Waals surface area contributed by atoms with Crippen LogP contribution in [0.2, 0.25) is 0 Å². The minimum atomic E-state index is -0.571. The van der Waals surface area contributed by atoms with E-state index in [2.05, 4.69) is 130 Å². The second-order valence-corrected chi connectivity index (χ2v) is 7.72. The molecule has 3 heteroatoms. The van der Waals surface area contributed by atoms with E-state index in [0.717, 1.165) is 15.8 Å². The first-order valence-electron chi connectivity index (χ1n) is 9.62. The highest BCUT2D eigenvalue weighted by atomic mass is 79.9. The smallest absolute Gasteiger partial charge is 0.179 e. The highest BCUT2D eigenvalue weighted by Gasteiger charge is 2.40. The summed E-state index contributed by atoms with van der Waals surface area (Å²) in [6, 6.07) is 40.2. The lowest BCUT2D eigenvalue weighted by Crippen LogP contribution is -2.37. The normalized spacial score (nSPS) is 11.6. The number of halogens is 1. The summed E-state index contributed by atoms with van der Waals surface area (Å²) in [5.41, 5.74) is 5.02. The van der Waals surface area contributed by atoms with Gasteiger partial charge in [-0.25, -0.2) is 4.98 Å². The highest BCUT2D eigenvalue weighted by Crippen LogP contribution is 2.44. The van der Waals surface area contributed by atoms with E-state index in [4.69, 9.17) is 4.98 Å². The molecule has 140 valence electrons. The number of fused-ring (bicyclic) bond motifs is 1. The van der Waals surface area contributed by atoms with Crippen molar-refractivity contribution in [3.05, 3.63) is 137 Å². The molecule has 1 aromatic heterocycles. The van der Waals surface area contributed by atoms with Crippen LogP contribution in [0.3, 0.4) is 0 Å². The summed E-state index contributed by atoms with van der Waals surface area (Å²) >= 11 is 3.79. The van der Waals surface area contributed by atoms with Crippen LogP contribution < -0.4 is 0 Å². The molecule has 0 bridgehead atoms. The predicted octanol–water partition coefficient (Wildman–Crippen LogP) is 6.64. The van der Waals surface area contributed by atoms with Crippen molar-refractivity contribution in [3.63, 3.8) is 0 Å². The van der Waals surface area contributed by atoms with E-state index in [0.29, 0.717) is 0 Å². The highest BCUT2D eigenvalue weighted by molar-refractivity contribution is 9.10. The molecule has 0 fully saturated rings. The van der Waals surface area contributed by atoms with Crippen molar-refractivity contribution in [1.29, 1.82) is 0 Å².